The summed E-state index contributed by atoms with van der Waals surface area (Å²) < 4.78 is 1.60. The van der Waals surface area contributed by atoms with E-state index in [9.17, 15) is 4.79 Å². The average molecular weight is 395 g/mol. The van der Waals surface area contributed by atoms with Crippen LogP contribution in [0.25, 0.3) is 16.3 Å². The molecule has 0 radical (unpaired) electrons. The number of halogens is 1. The molecule has 4 aromatic rings. The van der Waals surface area contributed by atoms with Crippen molar-refractivity contribution in [3.8, 4) is 16.3 Å². The van der Waals surface area contributed by atoms with Crippen molar-refractivity contribution < 1.29 is 4.79 Å². The zero-order chi connectivity index (χ0) is 18.6. The fourth-order valence-electron chi connectivity index (χ4n) is 2.67. The fourth-order valence-corrected chi connectivity index (χ4v) is 3.57. The lowest BCUT2D eigenvalue weighted by Gasteiger charge is -2.09. The van der Waals surface area contributed by atoms with Gasteiger partial charge in [0.1, 0.15) is 11.4 Å². The van der Waals surface area contributed by atoms with Gasteiger partial charge in [0.05, 0.1) is 15.6 Å². The highest BCUT2D eigenvalue weighted by molar-refractivity contribution is 7.13. The quantitative estimate of drug-likeness (QED) is 0.539. The summed E-state index contributed by atoms with van der Waals surface area (Å²) in [5, 5.41) is 10.1. The Morgan fingerprint density at radius 1 is 1.11 bits per heavy atom. The molecule has 3 aromatic heterocycles. The van der Waals surface area contributed by atoms with Crippen molar-refractivity contribution in [3.05, 3.63) is 88.7 Å². The van der Waals surface area contributed by atoms with Crippen LogP contribution in [0.1, 0.15) is 16.1 Å². The summed E-state index contributed by atoms with van der Waals surface area (Å²) >= 11 is 7.92. The molecule has 0 saturated heterocycles. The van der Waals surface area contributed by atoms with Crippen molar-refractivity contribution in [2.45, 2.75) is 6.54 Å². The van der Waals surface area contributed by atoms with Gasteiger partial charge in [-0.25, -0.2) is 4.68 Å². The second-order valence-corrected chi connectivity index (χ2v) is 7.15. The number of hydrogen-bond acceptors (Lipinski definition) is 4. The monoisotopic (exact) mass is 394 g/mol. The molecular weight excluding hydrogens is 380 g/mol. The van der Waals surface area contributed by atoms with Crippen LogP contribution in [0, 0.1) is 0 Å². The Balaban J connectivity index is 1.70. The molecular formula is C20H15ClN4OS. The van der Waals surface area contributed by atoms with Gasteiger partial charge >= 0.3 is 0 Å². The number of rotatable bonds is 5. The van der Waals surface area contributed by atoms with E-state index in [1.54, 1.807) is 40.5 Å². The van der Waals surface area contributed by atoms with Crippen molar-refractivity contribution in [3.63, 3.8) is 0 Å². The number of benzene rings is 1. The van der Waals surface area contributed by atoms with Crippen molar-refractivity contribution in [1.82, 2.24) is 20.1 Å². The molecule has 1 N–H and O–H groups in total. The summed E-state index contributed by atoms with van der Waals surface area (Å²) in [6.45, 7) is 0.406. The Hall–Kier alpha value is -2.96. The van der Waals surface area contributed by atoms with Gasteiger partial charge in [-0.05, 0) is 47.3 Å². The molecule has 0 aliphatic heterocycles. The maximum absolute atomic E-state index is 12.9. The number of aromatic nitrogens is 3. The summed E-state index contributed by atoms with van der Waals surface area (Å²) in [7, 11) is 0. The van der Waals surface area contributed by atoms with E-state index in [0.717, 1.165) is 16.1 Å². The Morgan fingerprint density at radius 2 is 1.93 bits per heavy atom. The molecule has 0 aliphatic rings. The molecule has 1 aromatic carbocycles. The smallest absolute Gasteiger partial charge is 0.270 e. The van der Waals surface area contributed by atoms with E-state index in [1.807, 2.05) is 47.8 Å². The number of nitrogens with one attached hydrogen (secondary N) is 1. The van der Waals surface area contributed by atoms with Gasteiger partial charge < -0.3 is 5.32 Å². The van der Waals surface area contributed by atoms with Gasteiger partial charge in [0.15, 0.2) is 0 Å². The van der Waals surface area contributed by atoms with Crippen LogP contribution in [0.5, 0.6) is 0 Å². The van der Waals surface area contributed by atoms with E-state index in [0.29, 0.717) is 22.9 Å². The molecule has 0 aliphatic carbocycles. The lowest BCUT2D eigenvalue weighted by Crippen LogP contribution is -2.25. The van der Waals surface area contributed by atoms with E-state index < -0.39 is 0 Å². The maximum Gasteiger partial charge on any atom is 0.270 e. The molecule has 7 heteroatoms. The van der Waals surface area contributed by atoms with Crippen LogP contribution < -0.4 is 5.32 Å². The second-order valence-electron chi connectivity index (χ2n) is 5.79. The SMILES string of the molecule is O=C(NCc1ccncc1)c1cc(-c2cccs2)nn1-c1ccccc1Cl. The normalized spacial score (nSPS) is 10.7. The first-order chi connectivity index (χ1) is 13.2. The summed E-state index contributed by atoms with van der Waals surface area (Å²) in [5.41, 5.74) is 2.80. The largest absolute Gasteiger partial charge is 0.347 e. The van der Waals surface area contributed by atoms with Crippen molar-refractivity contribution in [1.29, 1.82) is 0 Å². The Kier molecular flexibility index (Phi) is 5.00. The third-order valence-electron chi connectivity index (χ3n) is 4.00. The molecule has 0 unspecified atom stereocenters. The van der Waals surface area contributed by atoms with Crippen molar-refractivity contribution in [2.24, 2.45) is 0 Å². The van der Waals surface area contributed by atoms with Crippen LogP contribution in [0.3, 0.4) is 0 Å². The van der Waals surface area contributed by atoms with E-state index in [2.05, 4.69) is 15.4 Å². The molecule has 0 atom stereocenters. The molecule has 134 valence electrons. The van der Waals surface area contributed by atoms with E-state index in [4.69, 9.17) is 11.6 Å². The minimum absolute atomic E-state index is 0.220. The Morgan fingerprint density at radius 3 is 2.67 bits per heavy atom. The van der Waals surface area contributed by atoms with E-state index in [-0.39, 0.29) is 5.91 Å². The van der Waals surface area contributed by atoms with Crippen molar-refractivity contribution >= 4 is 28.8 Å². The number of carbonyl (C=O) groups excluding carboxylic acids is 1. The molecule has 4 rings (SSSR count). The number of nitrogens with zero attached hydrogens (tertiary/aromatic N) is 3. The number of para-hydroxylation sites is 1. The highest BCUT2D eigenvalue weighted by Gasteiger charge is 2.19. The number of amides is 1. The Bertz CT molecular complexity index is 1060. The first-order valence-electron chi connectivity index (χ1n) is 8.28. The van der Waals surface area contributed by atoms with Gasteiger partial charge in [-0.15, -0.1) is 11.3 Å². The zero-order valence-electron chi connectivity index (χ0n) is 14.2. The minimum atomic E-state index is -0.220. The fraction of sp³-hybridized carbons (Fsp3) is 0.0500. The number of carbonyl (C=O) groups is 1. The molecule has 3 heterocycles. The topological polar surface area (TPSA) is 59.8 Å². The van der Waals surface area contributed by atoms with E-state index >= 15 is 0 Å². The molecule has 1 amide bonds. The third kappa shape index (κ3) is 3.77. The summed E-state index contributed by atoms with van der Waals surface area (Å²) in [5.74, 6) is -0.220. The highest BCUT2D eigenvalue weighted by Crippen LogP contribution is 2.28. The number of hydrogen-bond donors (Lipinski definition) is 1. The van der Waals surface area contributed by atoms with Crippen LogP contribution in [-0.2, 0) is 6.54 Å². The minimum Gasteiger partial charge on any atom is -0.347 e. The molecule has 0 spiro atoms. The van der Waals surface area contributed by atoms with Crippen LogP contribution in [-0.4, -0.2) is 20.7 Å². The van der Waals surface area contributed by atoms with Gasteiger partial charge in [0, 0.05) is 18.9 Å². The van der Waals surface area contributed by atoms with Gasteiger partial charge in [0.2, 0.25) is 0 Å². The summed E-state index contributed by atoms with van der Waals surface area (Å²) in [4.78, 5) is 17.9. The van der Waals surface area contributed by atoms with Gasteiger partial charge in [-0.2, -0.15) is 5.10 Å². The lowest BCUT2D eigenvalue weighted by molar-refractivity contribution is 0.0943. The zero-order valence-corrected chi connectivity index (χ0v) is 15.7. The van der Waals surface area contributed by atoms with Crippen LogP contribution in [0.2, 0.25) is 5.02 Å². The summed E-state index contributed by atoms with van der Waals surface area (Å²) in [6.07, 6.45) is 3.40. The summed E-state index contributed by atoms with van der Waals surface area (Å²) in [6, 6.07) is 16.8. The lowest BCUT2D eigenvalue weighted by atomic mass is 10.2. The predicted molar refractivity (Wildman–Crippen MR) is 107 cm³/mol. The highest BCUT2D eigenvalue weighted by atomic mass is 35.5. The first kappa shape index (κ1) is 17.5. The molecule has 0 saturated carbocycles. The van der Waals surface area contributed by atoms with Crippen LogP contribution >= 0.6 is 22.9 Å². The van der Waals surface area contributed by atoms with Gasteiger partial charge in [0.25, 0.3) is 5.91 Å². The first-order valence-corrected chi connectivity index (χ1v) is 9.54. The van der Waals surface area contributed by atoms with Crippen molar-refractivity contribution in [2.75, 3.05) is 0 Å². The Labute approximate surface area is 165 Å². The second kappa shape index (κ2) is 7.73. The predicted octanol–water partition coefficient (Wildman–Crippen LogP) is 4.58. The van der Waals surface area contributed by atoms with Crippen LogP contribution in [0.4, 0.5) is 0 Å². The van der Waals surface area contributed by atoms with Crippen LogP contribution in [0.15, 0.2) is 72.4 Å². The number of thiophene rings is 1. The third-order valence-corrected chi connectivity index (χ3v) is 5.21. The van der Waals surface area contributed by atoms with Gasteiger partial charge in [-0.3, -0.25) is 9.78 Å². The maximum atomic E-state index is 12.9. The van der Waals surface area contributed by atoms with Gasteiger partial charge in [-0.1, -0.05) is 29.8 Å². The molecule has 0 fully saturated rings. The molecule has 27 heavy (non-hydrogen) atoms. The van der Waals surface area contributed by atoms with E-state index in [1.165, 1.54) is 0 Å². The average Bonchev–Trinajstić information content (AvgIpc) is 3.37. The number of pyridine rings is 1. The standard InChI is InChI=1S/C20H15ClN4OS/c21-15-4-1-2-5-17(15)25-18(12-16(24-25)19-6-3-11-27-19)20(26)23-13-14-7-9-22-10-8-14/h1-12H,13H2,(H,23,26). The molecule has 0 bridgehead atoms. The molecule has 5 nitrogen and oxygen atoms in total.